The van der Waals surface area contributed by atoms with Crippen LogP contribution in [-0.4, -0.2) is 40.3 Å². The van der Waals surface area contributed by atoms with Crippen LogP contribution in [0.5, 0.6) is 5.75 Å². The fourth-order valence-electron chi connectivity index (χ4n) is 4.70. The molecule has 150 valence electrons. The van der Waals surface area contributed by atoms with Crippen molar-refractivity contribution >= 4 is 11.6 Å². The minimum absolute atomic E-state index is 0.0423. The summed E-state index contributed by atoms with van der Waals surface area (Å²) in [5.74, 6) is 0.812. The number of fused-ring (bicyclic) bond motifs is 1. The summed E-state index contributed by atoms with van der Waals surface area (Å²) in [6.07, 6.45) is 4.92. The second-order valence-corrected chi connectivity index (χ2v) is 8.45. The van der Waals surface area contributed by atoms with Crippen molar-refractivity contribution in [2.75, 3.05) is 13.1 Å². The van der Waals surface area contributed by atoms with E-state index in [0.29, 0.717) is 5.02 Å². The molecule has 1 fully saturated rings. The molecule has 3 aromatic rings. The monoisotopic (exact) mass is 408 g/mol. The van der Waals surface area contributed by atoms with Gasteiger partial charge in [0.05, 0.1) is 11.7 Å². The molecule has 1 saturated heterocycles. The maximum absolute atomic E-state index is 6.72. The Morgan fingerprint density at radius 1 is 1.17 bits per heavy atom. The van der Waals surface area contributed by atoms with Gasteiger partial charge in [0, 0.05) is 29.4 Å². The first-order chi connectivity index (χ1) is 14.2. The number of piperidine rings is 1. The van der Waals surface area contributed by atoms with Gasteiger partial charge in [0.15, 0.2) is 0 Å². The molecule has 0 amide bonds. The fourth-order valence-corrected chi connectivity index (χ4v) is 4.87. The molecule has 5 rings (SSSR count). The van der Waals surface area contributed by atoms with Gasteiger partial charge in [-0.25, -0.2) is 0 Å². The van der Waals surface area contributed by atoms with Crippen molar-refractivity contribution in [1.82, 2.24) is 15.1 Å². The first-order valence-electron chi connectivity index (χ1n) is 10.2. The molecule has 1 aliphatic carbocycles. The highest BCUT2D eigenvalue weighted by Crippen LogP contribution is 2.41. The number of ether oxygens (including phenoxy) is 1. The molecule has 0 saturated carbocycles. The van der Waals surface area contributed by atoms with E-state index in [1.165, 1.54) is 11.1 Å². The molecule has 0 spiro atoms. The molecular weight excluding hydrogens is 384 g/mol. The number of hydrogen-bond donors (Lipinski definition) is 2. The van der Waals surface area contributed by atoms with Crippen LogP contribution < -0.4 is 10.5 Å². The minimum atomic E-state index is -0.0423. The van der Waals surface area contributed by atoms with Gasteiger partial charge in [-0.3, -0.25) is 10.00 Å². The molecule has 2 aromatic carbocycles. The Labute approximate surface area is 175 Å². The number of nitrogens with zero attached hydrogens (tertiary/aromatic N) is 2. The minimum Gasteiger partial charge on any atom is -0.483 e. The van der Waals surface area contributed by atoms with Crippen LogP contribution in [0.2, 0.25) is 5.02 Å². The zero-order chi connectivity index (χ0) is 19.8. The molecule has 2 aliphatic rings. The molecule has 1 aromatic heterocycles. The van der Waals surface area contributed by atoms with Gasteiger partial charge in [-0.2, -0.15) is 5.10 Å². The number of nitrogens with one attached hydrogen (secondary N) is 1. The second kappa shape index (κ2) is 7.82. The number of nitrogens with two attached hydrogens (primary N) is 1. The molecule has 3 N–H and O–H groups in total. The Kier molecular flexibility index (Phi) is 5.04. The third-order valence-corrected chi connectivity index (χ3v) is 6.32. The number of rotatable bonds is 4. The Morgan fingerprint density at radius 2 is 2.07 bits per heavy atom. The smallest absolute Gasteiger partial charge is 0.140 e. The van der Waals surface area contributed by atoms with Gasteiger partial charge in [0.2, 0.25) is 0 Å². The molecule has 3 atom stereocenters. The van der Waals surface area contributed by atoms with E-state index in [9.17, 15) is 0 Å². The lowest BCUT2D eigenvalue weighted by Crippen LogP contribution is -2.49. The highest BCUT2D eigenvalue weighted by Gasteiger charge is 2.39. The number of likely N-dealkylation sites (tertiary alicyclic amines) is 1. The Bertz CT molecular complexity index is 990. The van der Waals surface area contributed by atoms with E-state index in [1.54, 1.807) is 6.20 Å². The molecule has 29 heavy (non-hydrogen) atoms. The Hall–Kier alpha value is -2.34. The summed E-state index contributed by atoms with van der Waals surface area (Å²) in [7, 11) is 0. The first-order valence-corrected chi connectivity index (χ1v) is 10.6. The van der Waals surface area contributed by atoms with E-state index in [1.807, 2.05) is 24.3 Å². The van der Waals surface area contributed by atoms with Gasteiger partial charge in [0.25, 0.3) is 0 Å². The third-order valence-electron chi connectivity index (χ3n) is 6.08. The van der Waals surface area contributed by atoms with Crippen molar-refractivity contribution in [3.63, 3.8) is 0 Å². The van der Waals surface area contributed by atoms with Crippen LogP contribution in [0.1, 0.15) is 30.1 Å². The average Bonchev–Trinajstić information content (AvgIpc) is 3.38. The molecule has 5 nitrogen and oxygen atoms in total. The number of benzene rings is 2. The van der Waals surface area contributed by atoms with E-state index >= 15 is 0 Å². The predicted octanol–water partition coefficient (Wildman–Crippen LogP) is 4.20. The van der Waals surface area contributed by atoms with Crippen molar-refractivity contribution in [1.29, 1.82) is 0 Å². The lowest BCUT2D eigenvalue weighted by Gasteiger charge is -2.38. The van der Waals surface area contributed by atoms with Crippen LogP contribution in [0.3, 0.4) is 0 Å². The molecule has 0 radical (unpaired) electrons. The summed E-state index contributed by atoms with van der Waals surface area (Å²) in [6, 6.07) is 16.8. The van der Waals surface area contributed by atoms with E-state index in [2.05, 4.69) is 39.4 Å². The normalized spacial score (nSPS) is 24.4. The molecular formula is C23H25ClN4O. The van der Waals surface area contributed by atoms with Crippen LogP contribution in [0.15, 0.2) is 54.7 Å². The summed E-state index contributed by atoms with van der Waals surface area (Å²) >= 11 is 6.29. The van der Waals surface area contributed by atoms with Crippen molar-refractivity contribution < 1.29 is 4.74 Å². The number of aromatic nitrogens is 2. The lowest BCUT2D eigenvalue weighted by molar-refractivity contribution is 0.0596. The van der Waals surface area contributed by atoms with E-state index in [-0.39, 0.29) is 18.2 Å². The SMILES string of the molecule is N[C@@H]1CCCN([C@@H]2Cc3ccccc3[C@H]2Oc2ccc(Cl)cc2-c2ccn[nH]2)C1. The number of hydrogen-bond acceptors (Lipinski definition) is 4. The predicted molar refractivity (Wildman–Crippen MR) is 115 cm³/mol. The van der Waals surface area contributed by atoms with Crippen LogP contribution in [0.25, 0.3) is 11.3 Å². The maximum atomic E-state index is 6.72. The molecule has 0 unspecified atom stereocenters. The highest BCUT2D eigenvalue weighted by atomic mass is 35.5. The van der Waals surface area contributed by atoms with Crippen molar-refractivity contribution in [2.24, 2.45) is 5.73 Å². The van der Waals surface area contributed by atoms with Crippen molar-refractivity contribution in [3.05, 3.63) is 70.9 Å². The summed E-state index contributed by atoms with van der Waals surface area (Å²) in [5, 5.41) is 7.79. The Morgan fingerprint density at radius 3 is 2.90 bits per heavy atom. The summed E-state index contributed by atoms with van der Waals surface area (Å²) in [5.41, 5.74) is 10.7. The van der Waals surface area contributed by atoms with Crippen LogP contribution >= 0.6 is 11.6 Å². The average molecular weight is 409 g/mol. The maximum Gasteiger partial charge on any atom is 0.140 e. The van der Waals surface area contributed by atoms with Gasteiger partial charge < -0.3 is 10.5 Å². The number of aromatic amines is 1. The van der Waals surface area contributed by atoms with Gasteiger partial charge in [-0.1, -0.05) is 35.9 Å². The largest absolute Gasteiger partial charge is 0.483 e. The van der Waals surface area contributed by atoms with Gasteiger partial charge in [-0.15, -0.1) is 0 Å². The third kappa shape index (κ3) is 3.66. The fraction of sp³-hybridized carbons (Fsp3) is 0.348. The first kappa shape index (κ1) is 18.7. The topological polar surface area (TPSA) is 67.2 Å². The van der Waals surface area contributed by atoms with Crippen molar-refractivity contribution in [3.8, 4) is 17.0 Å². The van der Waals surface area contributed by atoms with Crippen LogP contribution in [0, 0.1) is 0 Å². The summed E-state index contributed by atoms with van der Waals surface area (Å²) in [6.45, 7) is 1.99. The molecule has 1 aliphatic heterocycles. The quantitative estimate of drug-likeness (QED) is 0.679. The standard InChI is InChI=1S/C23H25ClN4O/c24-16-7-8-22(19(13-16)20-9-10-26-27-20)29-23-18-6-2-1-4-15(18)12-21(23)28-11-3-5-17(25)14-28/h1-2,4,6-10,13,17,21,23H,3,5,11-12,14,25H2,(H,26,27)/t17-,21-,23-/m1/s1. The van der Waals surface area contributed by atoms with E-state index in [0.717, 1.165) is 49.4 Å². The number of H-pyrrole nitrogens is 1. The Balaban J connectivity index is 1.51. The van der Waals surface area contributed by atoms with E-state index < -0.39 is 0 Å². The molecule has 6 heteroatoms. The van der Waals surface area contributed by atoms with Crippen LogP contribution in [0.4, 0.5) is 0 Å². The number of halogens is 1. The zero-order valence-electron chi connectivity index (χ0n) is 16.2. The van der Waals surface area contributed by atoms with E-state index in [4.69, 9.17) is 22.1 Å². The van der Waals surface area contributed by atoms with Crippen molar-refractivity contribution in [2.45, 2.75) is 37.5 Å². The highest BCUT2D eigenvalue weighted by molar-refractivity contribution is 6.30. The molecule has 2 heterocycles. The molecule has 0 bridgehead atoms. The summed E-state index contributed by atoms with van der Waals surface area (Å²) in [4.78, 5) is 2.52. The zero-order valence-corrected chi connectivity index (χ0v) is 17.0. The van der Waals surface area contributed by atoms with Crippen LogP contribution in [-0.2, 0) is 6.42 Å². The second-order valence-electron chi connectivity index (χ2n) is 8.02. The lowest BCUT2D eigenvalue weighted by atomic mass is 10.0. The summed E-state index contributed by atoms with van der Waals surface area (Å²) < 4.78 is 6.72. The van der Waals surface area contributed by atoms with Gasteiger partial charge in [0.1, 0.15) is 11.9 Å². The van der Waals surface area contributed by atoms with Gasteiger partial charge in [-0.05, 0) is 61.2 Å². The van der Waals surface area contributed by atoms with Gasteiger partial charge >= 0.3 is 0 Å².